The molecule has 1 atom stereocenters. The molecule has 3 heteroatoms. The van der Waals surface area contributed by atoms with Crippen molar-refractivity contribution in [2.75, 3.05) is 20.3 Å². The monoisotopic (exact) mass is 223 g/mol. The second-order valence-corrected chi connectivity index (χ2v) is 3.82. The van der Waals surface area contributed by atoms with Crippen molar-refractivity contribution in [3.05, 3.63) is 29.8 Å². The topological polar surface area (TPSA) is 30.5 Å². The highest BCUT2D eigenvalue weighted by atomic mass is 16.5. The van der Waals surface area contributed by atoms with Crippen LogP contribution in [0.3, 0.4) is 0 Å². The van der Waals surface area contributed by atoms with Crippen molar-refractivity contribution in [2.24, 2.45) is 0 Å². The number of nitrogens with one attached hydrogen (secondary N) is 1. The van der Waals surface area contributed by atoms with Crippen LogP contribution in [-0.4, -0.2) is 26.4 Å². The van der Waals surface area contributed by atoms with Crippen molar-refractivity contribution < 1.29 is 9.47 Å². The Morgan fingerprint density at radius 2 is 2.19 bits per heavy atom. The number of benzene rings is 1. The van der Waals surface area contributed by atoms with Crippen LogP contribution in [-0.2, 0) is 11.3 Å². The number of ether oxygens (including phenoxy) is 2. The minimum Gasteiger partial charge on any atom is -0.494 e. The van der Waals surface area contributed by atoms with Crippen LogP contribution in [0.2, 0.25) is 0 Å². The van der Waals surface area contributed by atoms with Gasteiger partial charge in [-0.3, -0.25) is 0 Å². The lowest BCUT2D eigenvalue weighted by molar-refractivity contribution is 0.171. The van der Waals surface area contributed by atoms with Gasteiger partial charge in [0, 0.05) is 19.7 Å². The highest BCUT2D eigenvalue weighted by molar-refractivity contribution is 5.28. The molecule has 16 heavy (non-hydrogen) atoms. The number of methoxy groups -OCH3 is 1. The molecule has 90 valence electrons. The van der Waals surface area contributed by atoms with Crippen molar-refractivity contribution in [3.63, 3.8) is 0 Å². The molecule has 0 saturated carbocycles. The Bertz CT molecular complexity index is 302. The summed E-state index contributed by atoms with van der Waals surface area (Å²) in [6.07, 6.45) is 0. The van der Waals surface area contributed by atoms with Gasteiger partial charge in [0.2, 0.25) is 0 Å². The SMILES string of the molecule is CCOc1cccc(CNC(C)COC)c1. The van der Waals surface area contributed by atoms with Crippen LogP contribution < -0.4 is 10.1 Å². The molecule has 0 aromatic heterocycles. The van der Waals surface area contributed by atoms with Crippen LogP contribution in [0.4, 0.5) is 0 Å². The summed E-state index contributed by atoms with van der Waals surface area (Å²) in [6, 6.07) is 8.51. The minimum absolute atomic E-state index is 0.362. The summed E-state index contributed by atoms with van der Waals surface area (Å²) in [5.41, 5.74) is 1.23. The lowest BCUT2D eigenvalue weighted by Gasteiger charge is -2.13. The molecule has 0 spiro atoms. The van der Waals surface area contributed by atoms with Gasteiger partial charge in [0.25, 0.3) is 0 Å². The molecule has 3 nitrogen and oxygen atoms in total. The van der Waals surface area contributed by atoms with E-state index in [9.17, 15) is 0 Å². The van der Waals surface area contributed by atoms with Crippen LogP contribution in [0.15, 0.2) is 24.3 Å². The predicted molar refractivity (Wildman–Crippen MR) is 65.8 cm³/mol. The Kier molecular flexibility index (Phi) is 5.90. The summed E-state index contributed by atoms with van der Waals surface area (Å²) >= 11 is 0. The maximum absolute atomic E-state index is 5.45. The molecule has 1 N–H and O–H groups in total. The maximum Gasteiger partial charge on any atom is 0.119 e. The Morgan fingerprint density at radius 1 is 1.38 bits per heavy atom. The fourth-order valence-corrected chi connectivity index (χ4v) is 1.51. The summed E-state index contributed by atoms with van der Waals surface area (Å²) < 4.78 is 10.5. The molecule has 1 aromatic carbocycles. The van der Waals surface area contributed by atoms with Crippen molar-refractivity contribution in [3.8, 4) is 5.75 Å². The molecule has 0 radical (unpaired) electrons. The summed E-state index contributed by atoms with van der Waals surface area (Å²) in [4.78, 5) is 0. The van der Waals surface area contributed by atoms with Crippen LogP contribution in [0.25, 0.3) is 0 Å². The molecular weight excluding hydrogens is 202 g/mol. The Labute approximate surface area is 97.8 Å². The Hall–Kier alpha value is -1.06. The highest BCUT2D eigenvalue weighted by Gasteiger charge is 2.01. The Morgan fingerprint density at radius 3 is 2.88 bits per heavy atom. The lowest BCUT2D eigenvalue weighted by atomic mass is 10.2. The van der Waals surface area contributed by atoms with Gasteiger partial charge in [0.15, 0.2) is 0 Å². The third-order valence-electron chi connectivity index (χ3n) is 2.28. The minimum atomic E-state index is 0.362. The van der Waals surface area contributed by atoms with Crippen LogP contribution in [0.5, 0.6) is 5.75 Å². The largest absolute Gasteiger partial charge is 0.494 e. The molecule has 0 fully saturated rings. The lowest BCUT2D eigenvalue weighted by Crippen LogP contribution is -2.29. The number of rotatable bonds is 7. The molecule has 0 saturated heterocycles. The molecule has 0 amide bonds. The van der Waals surface area contributed by atoms with E-state index in [0.29, 0.717) is 12.6 Å². The zero-order valence-corrected chi connectivity index (χ0v) is 10.3. The molecular formula is C13H21NO2. The van der Waals surface area contributed by atoms with Crippen molar-refractivity contribution in [1.82, 2.24) is 5.32 Å². The van der Waals surface area contributed by atoms with E-state index in [0.717, 1.165) is 18.9 Å². The van der Waals surface area contributed by atoms with Gasteiger partial charge in [-0.05, 0) is 31.5 Å². The van der Waals surface area contributed by atoms with E-state index < -0.39 is 0 Å². The van der Waals surface area contributed by atoms with Gasteiger partial charge in [0.05, 0.1) is 13.2 Å². The third-order valence-corrected chi connectivity index (χ3v) is 2.28. The number of hydrogen-bond acceptors (Lipinski definition) is 3. The van der Waals surface area contributed by atoms with E-state index in [1.54, 1.807) is 7.11 Å². The second kappa shape index (κ2) is 7.25. The first-order valence-electron chi connectivity index (χ1n) is 5.70. The molecule has 0 aliphatic carbocycles. The standard InChI is InChI=1S/C13H21NO2/c1-4-16-13-7-5-6-12(8-13)9-14-11(2)10-15-3/h5-8,11,14H,4,9-10H2,1-3H3. The van der Waals surface area contributed by atoms with Gasteiger partial charge in [-0.1, -0.05) is 12.1 Å². The highest BCUT2D eigenvalue weighted by Crippen LogP contribution is 2.13. The van der Waals surface area contributed by atoms with Crippen molar-refractivity contribution in [1.29, 1.82) is 0 Å². The first-order valence-corrected chi connectivity index (χ1v) is 5.70. The smallest absolute Gasteiger partial charge is 0.119 e. The first kappa shape index (κ1) is 13.0. The van der Waals surface area contributed by atoms with Gasteiger partial charge in [-0.2, -0.15) is 0 Å². The van der Waals surface area contributed by atoms with Crippen LogP contribution >= 0.6 is 0 Å². The summed E-state index contributed by atoms with van der Waals surface area (Å²) in [5, 5.41) is 3.39. The van der Waals surface area contributed by atoms with Crippen molar-refractivity contribution >= 4 is 0 Å². The van der Waals surface area contributed by atoms with Crippen LogP contribution in [0, 0.1) is 0 Å². The van der Waals surface area contributed by atoms with Gasteiger partial charge in [-0.25, -0.2) is 0 Å². The van der Waals surface area contributed by atoms with E-state index in [4.69, 9.17) is 9.47 Å². The normalized spacial score (nSPS) is 12.4. The van der Waals surface area contributed by atoms with E-state index in [2.05, 4.69) is 24.4 Å². The molecule has 0 heterocycles. The molecule has 1 unspecified atom stereocenters. The van der Waals surface area contributed by atoms with Crippen LogP contribution in [0.1, 0.15) is 19.4 Å². The fraction of sp³-hybridized carbons (Fsp3) is 0.538. The van der Waals surface area contributed by atoms with Crippen molar-refractivity contribution in [2.45, 2.75) is 26.4 Å². The average molecular weight is 223 g/mol. The van der Waals surface area contributed by atoms with Gasteiger partial charge >= 0.3 is 0 Å². The van der Waals surface area contributed by atoms with E-state index in [1.807, 2.05) is 19.1 Å². The van der Waals surface area contributed by atoms with Gasteiger partial charge in [-0.15, -0.1) is 0 Å². The summed E-state index contributed by atoms with van der Waals surface area (Å²) in [6.45, 7) is 6.37. The zero-order chi connectivity index (χ0) is 11.8. The molecule has 0 bridgehead atoms. The predicted octanol–water partition coefficient (Wildman–Crippen LogP) is 2.21. The zero-order valence-electron chi connectivity index (χ0n) is 10.3. The summed E-state index contributed by atoms with van der Waals surface area (Å²) in [5.74, 6) is 0.932. The van der Waals surface area contributed by atoms with Gasteiger partial charge in [0.1, 0.15) is 5.75 Å². The molecule has 0 aliphatic rings. The molecule has 0 aliphatic heterocycles. The fourth-order valence-electron chi connectivity index (χ4n) is 1.51. The maximum atomic E-state index is 5.45. The second-order valence-electron chi connectivity index (χ2n) is 3.82. The van der Waals surface area contributed by atoms with E-state index in [-0.39, 0.29) is 0 Å². The third kappa shape index (κ3) is 4.64. The molecule has 1 rings (SSSR count). The van der Waals surface area contributed by atoms with E-state index >= 15 is 0 Å². The van der Waals surface area contributed by atoms with Gasteiger partial charge < -0.3 is 14.8 Å². The molecule has 1 aromatic rings. The quantitative estimate of drug-likeness (QED) is 0.768. The van der Waals surface area contributed by atoms with E-state index in [1.165, 1.54) is 5.56 Å². The average Bonchev–Trinajstić information content (AvgIpc) is 2.28. The summed E-state index contributed by atoms with van der Waals surface area (Å²) in [7, 11) is 1.72. The first-order chi connectivity index (χ1) is 7.76. The number of hydrogen-bond donors (Lipinski definition) is 1. The Balaban J connectivity index is 2.44.